The number of aliphatic hydroxyl groups excluding tert-OH is 1. The van der Waals surface area contributed by atoms with Crippen LogP contribution in [0.2, 0.25) is 0 Å². The van der Waals surface area contributed by atoms with Crippen LogP contribution in [0.5, 0.6) is 17.2 Å². The van der Waals surface area contributed by atoms with Gasteiger partial charge in [-0.3, -0.25) is 4.79 Å². The van der Waals surface area contributed by atoms with Crippen molar-refractivity contribution in [2.45, 2.75) is 59.2 Å². The molecule has 0 bridgehead atoms. The molecule has 1 atom stereocenters. The quantitative estimate of drug-likeness (QED) is 0.479. The topological polar surface area (TPSA) is 90.2 Å². The second-order valence-electron chi connectivity index (χ2n) is 9.14. The maximum Gasteiger partial charge on any atom is 0.287 e. The van der Waals surface area contributed by atoms with E-state index in [1.54, 1.807) is 12.1 Å². The van der Waals surface area contributed by atoms with Crippen molar-refractivity contribution in [2.24, 2.45) is 0 Å². The van der Waals surface area contributed by atoms with E-state index < -0.39 is 11.7 Å². The van der Waals surface area contributed by atoms with Crippen molar-refractivity contribution in [1.82, 2.24) is 5.32 Å². The number of ether oxygens (including phenoxy) is 3. The molecule has 0 fully saturated rings. The molecule has 2 aromatic carbocycles. The van der Waals surface area contributed by atoms with Gasteiger partial charge in [0, 0.05) is 29.5 Å². The summed E-state index contributed by atoms with van der Waals surface area (Å²) in [6, 6.07) is 9.41. The van der Waals surface area contributed by atoms with E-state index in [0.717, 1.165) is 10.9 Å². The summed E-state index contributed by atoms with van der Waals surface area (Å²) in [5, 5.41) is 14.5. The molecule has 1 amide bonds. The molecule has 0 saturated heterocycles. The van der Waals surface area contributed by atoms with Gasteiger partial charge in [-0.15, -0.1) is 0 Å². The Labute approximate surface area is 200 Å². The van der Waals surface area contributed by atoms with E-state index in [0.29, 0.717) is 66.6 Å². The summed E-state index contributed by atoms with van der Waals surface area (Å²) in [7, 11) is 0. The third-order valence-electron chi connectivity index (χ3n) is 6.01. The highest BCUT2D eigenvalue weighted by molar-refractivity contribution is 6.00. The van der Waals surface area contributed by atoms with Crippen LogP contribution in [-0.2, 0) is 6.42 Å². The van der Waals surface area contributed by atoms with Crippen LogP contribution in [0.3, 0.4) is 0 Å². The summed E-state index contributed by atoms with van der Waals surface area (Å²) in [6.07, 6.45) is 0.417. The first-order valence-corrected chi connectivity index (χ1v) is 11.8. The van der Waals surface area contributed by atoms with Gasteiger partial charge >= 0.3 is 0 Å². The van der Waals surface area contributed by atoms with E-state index in [1.807, 2.05) is 52.8 Å². The number of aliphatic hydroxyl groups is 1. The molecule has 4 rings (SSSR count). The van der Waals surface area contributed by atoms with Gasteiger partial charge < -0.3 is 29.1 Å². The molecule has 182 valence electrons. The highest BCUT2D eigenvalue weighted by Gasteiger charge is 2.35. The SMILES string of the molecule is CCOc1ccc(CCNC(=O)c2oc3ccc4c(c3c2C)[C@@H](O)CC(C)(C)O4)cc1OCC. The van der Waals surface area contributed by atoms with E-state index in [4.69, 9.17) is 18.6 Å². The number of rotatable bonds is 8. The molecule has 2 heterocycles. The lowest BCUT2D eigenvalue weighted by atomic mass is 9.89. The molecule has 1 aliphatic rings. The monoisotopic (exact) mass is 467 g/mol. The second kappa shape index (κ2) is 9.58. The van der Waals surface area contributed by atoms with Crippen LogP contribution >= 0.6 is 0 Å². The van der Waals surface area contributed by atoms with Crippen molar-refractivity contribution < 1.29 is 28.5 Å². The Balaban J connectivity index is 1.49. The van der Waals surface area contributed by atoms with Crippen molar-refractivity contribution in [3.63, 3.8) is 0 Å². The first kappa shape index (κ1) is 24.0. The third kappa shape index (κ3) is 4.71. The fourth-order valence-electron chi connectivity index (χ4n) is 4.55. The van der Waals surface area contributed by atoms with Gasteiger partial charge in [0.2, 0.25) is 0 Å². The molecule has 34 heavy (non-hydrogen) atoms. The zero-order chi connectivity index (χ0) is 24.5. The number of furan rings is 1. The fraction of sp³-hybridized carbons (Fsp3) is 0.444. The van der Waals surface area contributed by atoms with E-state index >= 15 is 0 Å². The lowest BCUT2D eigenvalue weighted by Crippen LogP contribution is -2.34. The average Bonchev–Trinajstić information content (AvgIpc) is 3.11. The van der Waals surface area contributed by atoms with E-state index in [-0.39, 0.29) is 11.7 Å². The number of fused-ring (bicyclic) bond motifs is 3. The van der Waals surface area contributed by atoms with Crippen LogP contribution in [0.25, 0.3) is 11.0 Å². The first-order valence-electron chi connectivity index (χ1n) is 11.8. The number of carbonyl (C=O) groups is 1. The molecule has 7 heteroatoms. The summed E-state index contributed by atoms with van der Waals surface area (Å²) < 4.78 is 23.3. The average molecular weight is 468 g/mol. The van der Waals surface area contributed by atoms with E-state index in [1.165, 1.54) is 0 Å². The van der Waals surface area contributed by atoms with Crippen LogP contribution in [-0.4, -0.2) is 36.4 Å². The summed E-state index contributed by atoms with van der Waals surface area (Å²) in [5.74, 6) is 2.02. The zero-order valence-corrected chi connectivity index (χ0v) is 20.5. The van der Waals surface area contributed by atoms with Crippen molar-refractivity contribution in [2.75, 3.05) is 19.8 Å². The van der Waals surface area contributed by atoms with E-state index in [9.17, 15) is 9.90 Å². The van der Waals surface area contributed by atoms with Crippen molar-refractivity contribution in [3.8, 4) is 17.2 Å². The normalized spacial score (nSPS) is 16.6. The van der Waals surface area contributed by atoms with Crippen LogP contribution in [0.15, 0.2) is 34.7 Å². The van der Waals surface area contributed by atoms with Crippen LogP contribution in [0.4, 0.5) is 0 Å². The summed E-state index contributed by atoms with van der Waals surface area (Å²) >= 11 is 0. The Morgan fingerprint density at radius 3 is 2.62 bits per heavy atom. The Morgan fingerprint density at radius 2 is 1.88 bits per heavy atom. The van der Waals surface area contributed by atoms with Crippen molar-refractivity contribution >= 4 is 16.9 Å². The molecular weight excluding hydrogens is 434 g/mol. The molecule has 0 saturated carbocycles. The summed E-state index contributed by atoms with van der Waals surface area (Å²) in [4.78, 5) is 12.9. The predicted octanol–water partition coefficient (Wildman–Crippen LogP) is 5.11. The minimum absolute atomic E-state index is 0.252. The van der Waals surface area contributed by atoms with Gasteiger partial charge in [-0.2, -0.15) is 0 Å². The molecule has 1 aliphatic heterocycles. The van der Waals surface area contributed by atoms with Crippen LogP contribution < -0.4 is 19.5 Å². The molecular formula is C27H33NO6. The predicted molar refractivity (Wildman–Crippen MR) is 130 cm³/mol. The zero-order valence-electron chi connectivity index (χ0n) is 20.5. The Kier molecular flexibility index (Phi) is 6.75. The minimum Gasteiger partial charge on any atom is -0.490 e. The third-order valence-corrected chi connectivity index (χ3v) is 6.01. The number of aryl methyl sites for hydroxylation is 1. The van der Waals surface area contributed by atoms with Gasteiger partial charge in [0.25, 0.3) is 5.91 Å². The lowest BCUT2D eigenvalue weighted by molar-refractivity contribution is 0.0126. The number of amides is 1. The minimum atomic E-state index is -0.686. The Hall–Kier alpha value is -3.19. The molecule has 3 aromatic rings. The van der Waals surface area contributed by atoms with Crippen LogP contribution in [0, 0.1) is 6.92 Å². The molecule has 7 nitrogen and oxygen atoms in total. The molecule has 0 radical (unpaired) electrons. The maximum atomic E-state index is 12.9. The maximum absolute atomic E-state index is 12.9. The van der Waals surface area contributed by atoms with E-state index in [2.05, 4.69) is 5.32 Å². The van der Waals surface area contributed by atoms with Crippen LogP contribution in [0.1, 0.15) is 67.5 Å². The highest BCUT2D eigenvalue weighted by atomic mass is 16.5. The van der Waals surface area contributed by atoms with Gasteiger partial charge in [-0.25, -0.2) is 0 Å². The van der Waals surface area contributed by atoms with Gasteiger partial charge in [0.15, 0.2) is 17.3 Å². The molecule has 0 unspecified atom stereocenters. The summed E-state index contributed by atoms with van der Waals surface area (Å²) in [6.45, 7) is 11.2. The molecule has 0 spiro atoms. The second-order valence-corrected chi connectivity index (χ2v) is 9.14. The van der Waals surface area contributed by atoms with Gasteiger partial charge in [0.1, 0.15) is 16.9 Å². The highest BCUT2D eigenvalue weighted by Crippen LogP contribution is 2.45. The number of carbonyl (C=O) groups excluding carboxylic acids is 1. The summed E-state index contributed by atoms with van der Waals surface area (Å²) in [5.41, 5.74) is 2.53. The molecule has 0 aliphatic carbocycles. The fourth-order valence-corrected chi connectivity index (χ4v) is 4.55. The number of hydrogen-bond donors (Lipinski definition) is 2. The van der Waals surface area contributed by atoms with Crippen molar-refractivity contribution in [1.29, 1.82) is 0 Å². The Bertz CT molecular complexity index is 1200. The smallest absolute Gasteiger partial charge is 0.287 e. The molecule has 1 aromatic heterocycles. The Morgan fingerprint density at radius 1 is 1.15 bits per heavy atom. The largest absolute Gasteiger partial charge is 0.490 e. The standard InChI is InChI=1S/C27H33NO6/c1-6-31-19-9-8-17(14-22(19)32-7-2)12-13-28-26(30)25-16(3)23-20(33-25)10-11-21-24(23)18(29)15-27(4,5)34-21/h8-11,14,18,29H,6-7,12-13,15H2,1-5H3,(H,28,30)/t18-/m0/s1. The lowest BCUT2D eigenvalue weighted by Gasteiger charge is -2.35. The van der Waals surface area contributed by atoms with Gasteiger partial charge in [-0.05, 0) is 70.9 Å². The van der Waals surface area contributed by atoms with Gasteiger partial charge in [0.05, 0.1) is 19.3 Å². The molecule has 2 N–H and O–H groups in total. The number of nitrogens with one attached hydrogen (secondary N) is 1. The number of benzene rings is 2. The first-order chi connectivity index (χ1) is 16.2. The van der Waals surface area contributed by atoms with Crippen molar-refractivity contribution in [3.05, 3.63) is 52.8 Å². The number of hydrogen-bond acceptors (Lipinski definition) is 6. The van der Waals surface area contributed by atoms with Gasteiger partial charge in [-0.1, -0.05) is 6.07 Å².